The predicted octanol–water partition coefficient (Wildman–Crippen LogP) is 0.173. The van der Waals surface area contributed by atoms with Crippen molar-refractivity contribution in [3.05, 3.63) is 0 Å². The Kier molecular flexibility index (Phi) is 1.74. The lowest BCUT2D eigenvalue weighted by atomic mass is 9.95. The third-order valence-corrected chi connectivity index (χ3v) is 4.93. The molecule has 2 fully saturated rings. The van der Waals surface area contributed by atoms with Gasteiger partial charge in [0, 0.05) is 6.26 Å². The van der Waals surface area contributed by atoms with Gasteiger partial charge in [0.15, 0.2) is 9.84 Å². The summed E-state index contributed by atoms with van der Waals surface area (Å²) in [5, 5.41) is 3.24. The lowest BCUT2D eigenvalue weighted by Crippen LogP contribution is -2.31. The molecule has 4 heteroatoms. The molecule has 0 amide bonds. The molecule has 1 atom stereocenters. The van der Waals surface area contributed by atoms with E-state index >= 15 is 0 Å². The Morgan fingerprint density at radius 2 is 1.92 bits per heavy atom. The molecule has 1 unspecified atom stereocenters. The van der Waals surface area contributed by atoms with Gasteiger partial charge in [0.25, 0.3) is 0 Å². The highest BCUT2D eigenvalue weighted by atomic mass is 32.2. The molecule has 0 aromatic rings. The van der Waals surface area contributed by atoms with Crippen LogP contribution in [-0.2, 0) is 9.84 Å². The van der Waals surface area contributed by atoms with Gasteiger partial charge in [0.1, 0.15) is 0 Å². The van der Waals surface area contributed by atoms with Crippen LogP contribution in [0.15, 0.2) is 0 Å². The summed E-state index contributed by atoms with van der Waals surface area (Å²) in [4.78, 5) is 0. The highest BCUT2D eigenvalue weighted by Crippen LogP contribution is 2.56. The average molecular weight is 189 g/mol. The lowest BCUT2D eigenvalue weighted by Gasteiger charge is -2.22. The molecular formula is C8H15NO2S. The number of piperidine rings is 1. The molecule has 1 N–H and O–H groups in total. The molecule has 70 valence electrons. The Morgan fingerprint density at radius 3 is 2.33 bits per heavy atom. The third-order valence-electron chi connectivity index (χ3n) is 3.23. The van der Waals surface area contributed by atoms with Gasteiger partial charge in [-0.2, -0.15) is 0 Å². The van der Waals surface area contributed by atoms with E-state index in [1.807, 2.05) is 0 Å². The van der Waals surface area contributed by atoms with Crippen LogP contribution in [0.25, 0.3) is 0 Å². The van der Waals surface area contributed by atoms with Gasteiger partial charge in [-0.05, 0) is 37.8 Å². The van der Waals surface area contributed by atoms with Crippen LogP contribution in [0.2, 0.25) is 0 Å². The van der Waals surface area contributed by atoms with Crippen LogP contribution in [0.4, 0.5) is 0 Å². The fourth-order valence-corrected chi connectivity index (χ4v) is 4.15. The SMILES string of the molecule is CS(=O)(=O)C1CC12CCNCC2. The summed E-state index contributed by atoms with van der Waals surface area (Å²) in [6.07, 6.45) is 4.37. The van der Waals surface area contributed by atoms with Crippen LogP contribution in [0.5, 0.6) is 0 Å². The first-order valence-electron chi connectivity index (χ1n) is 4.44. The fraction of sp³-hybridized carbons (Fsp3) is 1.00. The second kappa shape index (κ2) is 2.45. The van der Waals surface area contributed by atoms with E-state index in [0.29, 0.717) is 0 Å². The van der Waals surface area contributed by atoms with Gasteiger partial charge in [-0.25, -0.2) is 8.42 Å². The van der Waals surface area contributed by atoms with Crippen molar-refractivity contribution in [2.24, 2.45) is 5.41 Å². The zero-order valence-corrected chi connectivity index (χ0v) is 8.15. The smallest absolute Gasteiger partial charge is 0.150 e. The third kappa shape index (κ3) is 1.27. The molecule has 3 nitrogen and oxygen atoms in total. The monoisotopic (exact) mass is 189 g/mol. The summed E-state index contributed by atoms with van der Waals surface area (Å²) in [5.41, 5.74) is 0.179. The lowest BCUT2D eigenvalue weighted by molar-refractivity contribution is 0.353. The zero-order valence-electron chi connectivity index (χ0n) is 7.34. The maximum absolute atomic E-state index is 11.2. The van der Waals surface area contributed by atoms with Gasteiger partial charge in [0.05, 0.1) is 5.25 Å². The summed E-state index contributed by atoms with van der Waals surface area (Å²) in [6.45, 7) is 1.98. The minimum absolute atomic E-state index is 0.0212. The van der Waals surface area contributed by atoms with E-state index in [9.17, 15) is 8.42 Å². The molecule has 2 aliphatic rings. The van der Waals surface area contributed by atoms with Crippen molar-refractivity contribution in [1.29, 1.82) is 0 Å². The molecule has 1 aliphatic carbocycles. The highest BCUT2D eigenvalue weighted by molar-refractivity contribution is 7.91. The molecule has 1 aliphatic heterocycles. The van der Waals surface area contributed by atoms with Crippen LogP contribution >= 0.6 is 0 Å². The molecule has 2 rings (SSSR count). The van der Waals surface area contributed by atoms with E-state index in [1.165, 1.54) is 6.26 Å². The second-order valence-electron chi connectivity index (χ2n) is 4.13. The maximum atomic E-state index is 11.2. The largest absolute Gasteiger partial charge is 0.317 e. The van der Waals surface area contributed by atoms with E-state index in [0.717, 1.165) is 32.4 Å². The number of hydrogen-bond donors (Lipinski definition) is 1. The molecule has 1 spiro atoms. The van der Waals surface area contributed by atoms with Crippen molar-refractivity contribution in [2.45, 2.75) is 24.5 Å². The van der Waals surface area contributed by atoms with Gasteiger partial charge in [0.2, 0.25) is 0 Å². The van der Waals surface area contributed by atoms with Crippen molar-refractivity contribution in [3.63, 3.8) is 0 Å². The first-order valence-corrected chi connectivity index (χ1v) is 6.40. The van der Waals surface area contributed by atoms with Crippen LogP contribution in [0.1, 0.15) is 19.3 Å². The Hall–Kier alpha value is -0.0900. The topological polar surface area (TPSA) is 46.2 Å². The number of nitrogens with one attached hydrogen (secondary N) is 1. The van der Waals surface area contributed by atoms with Crippen LogP contribution in [0.3, 0.4) is 0 Å². The van der Waals surface area contributed by atoms with E-state index in [4.69, 9.17) is 0 Å². The molecule has 1 saturated heterocycles. The zero-order chi connectivity index (χ0) is 8.82. The molecule has 0 radical (unpaired) electrons. The number of sulfone groups is 1. The summed E-state index contributed by atoms with van der Waals surface area (Å²) in [7, 11) is -2.77. The Bertz CT molecular complexity index is 277. The van der Waals surface area contributed by atoms with E-state index < -0.39 is 9.84 Å². The summed E-state index contributed by atoms with van der Waals surface area (Å²) < 4.78 is 22.5. The van der Waals surface area contributed by atoms with E-state index in [1.54, 1.807) is 0 Å². The minimum Gasteiger partial charge on any atom is -0.317 e. The first kappa shape index (κ1) is 8.51. The second-order valence-corrected chi connectivity index (χ2v) is 6.36. The number of rotatable bonds is 1. The first-order chi connectivity index (χ1) is 5.55. The molecule has 12 heavy (non-hydrogen) atoms. The maximum Gasteiger partial charge on any atom is 0.150 e. The molecule has 1 heterocycles. The van der Waals surface area contributed by atoms with Crippen molar-refractivity contribution in [2.75, 3.05) is 19.3 Å². The van der Waals surface area contributed by atoms with Crippen LogP contribution in [0, 0.1) is 5.41 Å². The van der Waals surface area contributed by atoms with Crippen LogP contribution in [-0.4, -0.2) is 33.0 Å². The van der Waals surface area contributed by atoms with E-state index in [-0.39, 0.29) is 10.7 Å². The van der Waals surface area contributed by atoms with Crippen LogP contribution < -0.4 is 5.32 Å². The Labute approximate surface area is 73.5 Å². The summed E-state index contributed by atoms with van der Waals surface area (Å²) >= 11 is 0. The molecule has 0 bridgehead atoms. The molecular weight excluding hydrogens is 174 g/mol. The van der Waals surface area contributed by atoms with Crippen molar-refractivity contribution in [1.82, 2.24) is 5.32 Å². The summed E-state index contributed by atoms with van der Waals surface area (Å²) in [6, 6.07) is 0. The van der Waals surface area contributed by atoms with Gasteiger partial charge in [-0.3, -0.25) is 0 Å². The Morgan fingerprint density at radius 1 is 1.33 bits per heavy atom. The van der Waals surface area contributed by atoms with Crippen molar-refractivity contribution < 1.29 is 8.42 Å². The predicted molar refractivity (Wildman–Crippen MR) is 47.8 cm³/mol. The Balaban J connectivity index is 2.09. The van der Waals surface area contributed by atoms with Gasteiger partial charge < -0.3 is 5.32 Å². The fourth-order valence-electron chi connectivity index (χ4n) is 2.37. The number of hydrogen-bond acceptors (Lipinski definition) is 3. The van der Waals surface area contributed by atoms with Gasteiger partial charge in [-0.1, -0.05) is 0 Å². The van der Waals surface area contributed by atoms with Crippen molar-refractivity contribution in [3.8, 4) is 0 Å². The normalized spacial score (nSPS) is 33.6. The van der Waals surface area contributed by atoms with Crippen molar-refractivity contribution >= 4 is 9.84 Å². The van der Waals surface area contributed by atoms with E-state index in [2.05, 4.69) is 5.32 Å². The standard InChI is InChI=1S/C8H15NO2S/c1-12(10,11)7-6-8(7)2-4-9-5-3-8/h7,9H,2-6H2,1H3. The van der Waals surface area contributed by atoms with Gasteiger partial charge >= 0.3 is 0 Å². The molecule has 1 saturated carbocycles. The quantitative estimate of drug-likeness (QED) is 0.640. The highest BCUT2D eigenvalue weighted by Gasteiger charge is 2.58. The minimum atomic E-state index is -2.77. The van der Waals surface area contributed by atoms with Gasteiger partial charge in [-0.15, -0.1) is 0 Å². The average Bonchev–Trinajstić information content (AvgIpc) is 2.65. The summed E-state index contributed by atoms with van der Waals surface area (Å²) in [5.74, 6) is 0. The molecule has 0 aromatic heterocycles. The molecule has 0 aromatic carbocycles.